The van der Waals surface area contributed by atoms with Crippen LogP contribution < -0.4 is 14.8 Å². The molecule has 3 aromatic carbocycles. The number of nitrogens with zero attached hydrogens (tertiary/aromatic N) is 2. The third-order valence-corrected chi connectivity index (χ3v) is 8.41. The van der Waals surface area contributed by atoms with Gasteiger partial charge in [-0.2, -0.15) is 13.2 Å². The highest BCUT2D eigenvalue weighted by atomic mass is 32.2. The number of alkyl halides is 3. The molecule has 0 bridgehead atoms. The molecule has 0 amide bonds. The zero-order valence-electron chi connectivity index (χ0n) is 21.9. The first kappa shape index (κ1) is 27.5. The highest BCUT2D eigenvalue weighted by molar-refractivity contribution is 7.92. The highest BCUT2D eigenvalue weighted by Gasteiger charge is 2.39. The molecule has 1 aliphatic rings. The van der Waals surface area contributed by atoms with E-state index >= 15 is 0 Å². The van der Waals surface area contributed by atoms with Crippen molar-refractivity contribution in [2.45, 2.75) is 38.3 Å². The molecule has 0 saturated heterocycles. The van der Waals surface area contributed by atoms with E-state index in [-0.39, 0.29) is 29.6 Å². The van der Waals surface area contributed by atoms with E-state index in [1.165, 1.54) is 34.6 Å². The molecule has 12 heteroatoms. The molecule has 40 heavy (non-hydrogen) atoms. The fourth-order valence-corrected chi connectivity index (χ4v) is 6.68. The Morgan fingerprint density at radius 1 is 1.07 bits per heavy atom. The van der Waals surface area contributed by atoms with Crippen LogP contribution in [0.5, 0.6) is 5.75 Å². The lowest BCUT2D eigenvalue weighted by Gasteiger charge is -2.41. The van der Waals surface area contributed by atoms with E-state index in [9.17, 15) is 26.4 Å². The Morgan fingerprint density at radius 2 is 1.80 bits per heavy atom. The van der Waals surface area contributed by atoms with Gasteiger partial charge in [0, 0.05) is 18.2 Å². The Hall–Kier alpha value is -4.06. The molecule has 0 saturated carbocycles. The number of halogens is 3. The number of hydrogen-bond acceptors (Lipinski definition) is 6. The minimum Gasteiger partial charge on any atom is -0.493 e. The number of anilines is 1. The van der Waals surface area contributed by atoms with Crippen LogP contribution in [0.15, 0.2) is 74.9 Å². The minimum atomic E-state index is -4.49. The van der Waals surface area contributed by atoms with Crippen molar-refractivity contribution in [1.29, 1.82) is 0 Å². The predicted molar refractivity (Wildman–Crippen MR) is 143 cm³/mol. The second kappa shape index (κ2) is 9.84. The summed E-state index contributed by atoms with van der Waals surface area (Å²) in [5.41, 5.74) is 1.28. The molecule has 0 radical (unpaired) electrons. The molecule has 0 atom stereocenters. The van der Waals surface area contributed by atoms with E-state index in [0.29, 0.717) is 28.8 Å². The summed E-state index contributed by atoms with van der Waals surface area (Å²) in [5, 5.41) is 3.67. The van der Waals surface area contributed by atoms with Gasteiger partial charge in [-0.05, 0) is 54.2 Å². The number of rotatable bonds is 6. The van der Waals surface area contributed by atoms with Crippen molar-refractivity contribution >= 4 is 15.7 Å². The number of aromatic nitrogens is 2. The first-order valence-corrected chi connectivity index (χ1v) is 13.9. The van der Waals surface area contributed by atoms with Crippen LogP contribution in [0.1, 0.15) is 31.9 Å². The molecule has 1 N–H and O–H groups in total. The molecular formula is C28H26F3N3O5S. The van der Waals surface area contributed by atoms with E-state index in [0.717, 1.165) is 17.7 Å². The van der Waals surface area contributed by atoms with Gasteiger partial charge in [0.2, 0.25) is 0 Å². The van der Waals surface area contributed by atoms with Gasteiger partial charge in [-0.1, -0.05) is 49.3 Å². The van der Waals surface area contributed by atoms with Crippen molar-refractivity contribution in [3.05, 3.63) is 82.3 Å². The number of hydrogen-bond donors (Lipinski definition) is 1. The maximum atomic E-state index is 14.2. The van der Waals surface area contributed by atoms with E-state index < -0.39 is 32.9 Å². The van der Waals surface area contributed by atoms with Gasteiger partial charge >= 0.3 is 11.9 Å². The Balaban J connectivity index is 1.64. The number of H-pyrrole nitrogens is 1. The van der Waals surface area contributed by atoms with Crippen molar-refractivity contribution < 1.29 is 30.8 Å². The Bertz CT molecular complexity index is 1730. The monoisotopic (exact) mass is 573 g/mol. The summed E-state index contributed by atoms with van der Waals surface area (Å²) >= 11 is 0. The third kappa shape index (κ3) is 5.10. The summed E-state index contributed by atoms with van der Waals surface area (Å²) in [4.78, 5) is 13.8. The Kier molecular flexibility index (Phi) is 6.77. The van der Waals surface area contributed by atoms with Gasteiger partial charge in [0.05, 0.1) is 28.3 Å². The maximum Gasteiger partial charge on any atom is 0.439 e. The zero-order chi connectivity index (χ0) is 28.9. The van der Waals surface area contributed by atoms with Crippen molar-refractivity contribution in [2.75, 3.05) is 17.5 Å². The predicted octanol–water partition coefficient (Wildman–Crippen LogP) is 5.89. The number of para-hydroxylation sites is 1. The molecule has 0 aliphatic carbocycles. The number of ether oxygens (including phenoxy) is 1. The molecule has 4 aromatic rings. The van der Waals surface area contributed by atoms with E-state index in [2.05, 4.69) is 14.7 Å². The molecule has 8 nitrogen and oxygen atoms in total. The average Bonchev–Trinajstić information content (AvgIpc) is 3.33. The van der Waals surface area contributed by atoms with Gasteiger partial charge in [0.25, 0.3) is 10.0 Å². The van der Waals surface area contributed by atoms with Gasteiger partial charge in [-0.25, -0.2) is 13.2 Å². The molecule has 1 aromatic heterocycles. The van der Waals surface area contributed by atoms with Crippen LogP contribution >= 0.6 is 0 Å². The summed E-state index contributed by atoms with van der Waals surface area (Å²) in [5.74, 6) is -0.496. The van der Waals surface area contributed by atoms with Crippen molar-refractivity contribution in [1.82, 2.24) is 10.1 Å². The summed E-state index contributed by atoms with van der Waals surface area (Å²) in [7, 11) is -4.19. The van der Waals surface area contributed by atoms with Crippen LogP contribution in [0.25, 0.3) is 22.5 Å². The first-order chi connectivity index (χ1) is 18.8. The normalized spacial score (nSPS) is 15.1. The lowest BCUT2D eigenvalue weighted by molar-refractivity contribution is -0.137. The quantitative estimate of drug-likeness (QED) is 0.308. The molecule has 5 rings (SSSR count). The van der Waals surface area contributed by atoms with Gasteiger partial charge in [0.15, 0.2) is 5.82 Å². The van der Waals surface area contributed by atoms with Gasteiger partial charge in [-0.15, -0.1) is 0 Å². The Labute approximate surface area is 228 Å². The van der Waals surface area contributed by atoms with Gasteiger partial charge in [-0.3, -0.25) is 13.8 Å². The van der Waals surface area contributed by atoms with Crippen molar-refractivity contribution in [3.8, 4) is 28.3 Å². The summed E-state index contributed by atoms with van der Waals surface area (Å²) < 4.78 is 79.6. The van der Waals surface area contributed by atoms with Crippen LogP contribution in [0, 0.1) is 5.41 Å². The Morgan fingerprint density at radius 3 is 2.42 bits per heavy atom. The fourth-order valence-electron chi connectivity index (χ4n) is 4.95. The molecule has 0 fully saturated rings. The zero-order valence-corrected chi connectivity index (χ0v) is 22.7. The minimum absolute atomic E-state index is 0.0589. The van der Waals surface area contributed by atoms with Crippen LogP contribution in [-0.4, -0.2) is 31.7 Å². The molecule has 0 spiro atoms. The van der Waals surface area contributed by atoms with Crippen molar-refractivity contribution in [3.63, 3.8) is 0 Å². The largest absolute Gasteiger partial charge is 0.493 e. The first-order valence-electron chi connectivity index (χ1n) is 12.5. The lowest BCUT2D eigenvalue weighted by Crippen LogP contribution is -2.44. The smallest absolute Gasteiger partial charge is 0.439 e. The van der Waals surface area contributed by atoms with Crippen LogP contribution in [0.3, 0.4) is 0 Å². The fraction of sp³-hybridized carbons (Fsp3) is 0.286. The number of fused-ring (bicyclic) bond motifs is 1. The van der Waals surface area contributed by atoms with Gasteiger partial charge < -0.3 is 4.74 Å². The lowest BCUT2D eigenvalue weighted by atomic mass is 9.80. The molecule has 2 heterocycles. The van der Waals surface area contributed by atoms with E-state index in [1.54, 1.807) is 19.1 Å². The molecule has 210 valence electrons. The standard InChI is InChI=1S/C28H26F3N3O5S/c1-4-38-23-14-20(12-13-22(23)25-32-26(35)39-33-25)40(36,37)34-16-27(2,3)15-18-6-5-7-21(24(18)34)17-8-10-19(11-9-17)28(29,30)31/h5-14H,4,15-16H2,1-3H3,(H,32,33,35). The van der Waals surface area contributed by atoms with E-state index in [4.69, 9.17) is 4.74 Å². The topological polar surface area (TPSA) is 106 Å². The number of nitrogens with one attached hydrogen (secondary N) is 1. The molecule has 0 unspecified atom stereocenters. The van der Waals surface area contributed by atoms with Gasteiger partial charge in [0.1, 0.15) is 5.75 Å². The number of sulfonamides is 1. The number of aromatic amines is 1. The third-order valence-electron chi connectivity index (χ3n) is 6.67. The second-order valence-corrected chi connectivity index (χ2v) is 12.1. The summed E-state index contributed by atoms with van der Waals surface area (Å²) in [6.45, 7) is 6.01. The van der Waals surface area contributed by atoms with E-state index in [1.807, 2.05) is 19.9 Å². The summed E-state index contributed by atoms with van der Waals surface area (Å²) in [6.07, 6.45) is -3.91. The average molecular weight is 574 g/mol. The molecular weight excluding hydrogens is 547 g/mol. The highest BCUT2D eigenvalue weighted by Crippen LogP contribution is 2.45. The second-order valence-electron chi connectivity index (χ2n) is 10.3. The van der Waals surface area contributed by atoms with Crippen LogP contribution in [-0.2, 0) is 22.6 Å². The molecule has 1 aliphatic heterocycles. The number of benzene rings is 3. The van der Waals surface area contributed by atoms with Crippen LogP contribution in [0.2, 0.25) is 0 Å². The van der Waals surface area contributed by atoms with Crippen LogP contribution in [0.4, 0.5) is 18.9 Å². The van der Waals surface area contributed by atoms with Crippen molar-refractivity contribution in [2.24, 2.45) is 5.41 Å². The SMILES string of the molecule is CCOc1cc(S(=O)(=O)N2CC(C)(C)Cc3cccc(-c4ccc(C(F)(F)F)cc4)c32)ccc1-c1noc(=O)[nH]1. The maximum absolute atomic E-state index is 14.2. The summed E-state index contributed by atoms with van der Waals surface area (Å²) in [6, 6.07) is 14.2.